The van der Waals surface area contributed by atoms with E-state index in [0.717, 1.165) is 12.8 Å². The number of ether oxygens (including phenoxy) is 1. The van der Waals surface area contributed by atoms with Crippen LogP contribution in [0.3, 0.4) is 0 Å². The summed E-state index contributed by atoms with van der Waals surface area (Å²) in [5.74, 6) is -0.429. The van der Waals surface area contributed by atoms with Gasteiger partial charge in [-0.15, -0.1) is 0 Å². The molecule has 1 heterocycles. The van der Waals surface area contributed by atoms with E-state index in [2.05, 4.69) is 0 Å². The Hall–Kier alpha value is -2.30. The summed E-state index contributed by atoms with van der Waals surface area (Å²) in [6.07, 6.45) is 2.12. The zero-order chi connectivity index (χ0) is 18.7. The molecule has 0 aliphatic rings. The van der Waals surface area contributed by atoms with Crippen LogP contribution < -0.4 is 10.4 Å². The Morgan fingerprint density at radius 1 is 1.15 bits per heavy atom. The average Bonchev–Trinajstić information content (AvgIpc) is 2.61. The van der Waals surface area contributed by atoms with Crippen LogP contribution in [0.2, 0.25) is 10.0 Å². The van der Waals surface area contributed by atoms with Crippen LogP contribution in [0.25, 0.3) is 11.0 Å². The maximum atomic E-state index is 12.6. The number of unbranched alkanes of at least 4 members (excludes halogenated alkanes) is 1. The number of carbonyl (C=O) groups excluding carboxylic acids is 1. The summed E-state index contributed by atoms with van der Waals surface area (Å²) in [5.41, 5.74) is 0.392. The topological polar surface area (TPSA) is 56.5 Å². The van der Waals surface area contributed by atoms with E-state index in [1.807, 2.05) is 6.92 Å². The number of benzene rings is 2. The van der Waals surface area contributed by atoms with Gasteiger partial charge in [0.05, 0.1) is 21.5 Å². The SMILES string of the molecule is CCCCc1c(OC(=O)c2ccc(Cl)cc2Cl)c2ccccc2oc1=O. The molecule has 3 aromatic rings. The summed E-state index contributed by atoms with van der Waals surface area (Å²) in [4.78, 5) is 25.0. The van der Waals surface area contributed by atoms with E-state index in [1.54, 1.807) is 30.3 Å². The minimum atomic E-state index is -0.653. The Morgan fingerprint density at radius 3 is 2.65 bits per heavy atom. The first-order valence-corrected chi connectivity index (χ1v) is 8.98. The second-order valence-electron chi connectivity index (χ2n) is 5.81. The van der Waals surface area contributed by atoms with Gasteiger partial charge in [0.25, 0.3) is 0 Å². The summed E-state index contributed by atoms with van der Waals surface area (Å²) >= 11 is 12.0. The fourth-order valence-corrected chi connectivity index (χ4v) is 3.13. The van der Waals surface area contributed by atoms with E-state index in [0.29, 0.717) is 28.0 Å². The van der Waals surface area contributed by atoms with Gasteiger partial charge in [-0.25, -0.2) is 9.59 Å². The van der Waals surface area contributed by atoms with Crippen molar-refractivity contribution in [1.82, 2.24) is 0 Å². The second kappa shape index (κ2) is 7.94. The molecule has 0 atom stereocenters. The van der Waals surface area contributed by atoms with Gasteiger partial charge in [-0.3, -0.25) is 0 Å². The summed E-state index contributed by atoms with van der Waals surface area (Å²) < 4.78 is 11.0. The minimum Gasteiger partial charge on any atom is -0.422 e. The molecule has 0 unspecified atom stereocenters. The molecule has 26 heavy (non-hydrogen) atoms. The first kappa shape index (κ1) is 18.5. The predicted octanol–water partition coefficient (Wildman–Crippen LogP) is 5.66. The van der Waals surface area contributed by atoms with Gasteiger partial charge in [-0.1, -0.05) is 48.7 Å². The van der Waals surface area contributed by atoms with Gasteiger partial charge in [0.2, 0.25) is 0 Å². The van der Waals surface area contributed by atoms with Crippen LogP contribution in [0.1, 0.15) is 35.7 Å². The standard InChI is InChI=1S/C20H16Cl2O4/c1-2-3-6-15-18(14-7-4-5-8-17(14)25-20(15)24)26-19(23)13-10-9-12(21)11-16(13)22/h4-5,7-11H,2-3,6H2,1H3. The first-order chi connectivity index (χ1) is 12.5. The second-order valence-corrected chi connectivity index (χ2v) is 6.65. The number of para-hydroxylation sites is 1. The molecule has 4 nitrogen and oxygen atoms in total. The maximum absolute atomic E-state index is 12.6. The fraction of sp³-hybridized carbons (Fsp3) is 0.200. The molecule has 3 rings (SSSR count). The number of hydrogen-bond acceptors (Lipinski definition) is 4. The van der Waals surface area contributed by atoms with Gasteiger partial charge in [0.1, 0.15) is 5.58 Å². The lowest BCUT2D eigenvalue weighted by Crippen LogP contribution is -2.16. The number of fused-ring (bicyclic) bond motifs is 1. The number of carbonyl (C=O) groups is 1. The molecule has 0 radical (unpaired) electrons. The van der Waals surface area contributed by atoms with Crippen molar-refractivity contribution in [3.05, 3.63) is 74.1 Å². The third-order valence-electron chi connectivity index (χ3n) is 3.98. The van der Waals surface area contributed by atoms with Crippen molar-refractivity contribution < 1.29 is 13.9 Å². The summed E-state index contributed by atoms with van der Waals surface area (Å²) in [5, 5.41) is 1.17. The molecule has 0 spiro atoms. The fourth-order valence-electron chi connectivity index (χ4n) is 2.65. The molecule has 0 aliphatic carbocycles. The molecular formula is C20H16Cl2O4. The molecule has 0 aliphatic heterocycles. The Morgan fingerprint density at radius 2 is 1.92 bits per heavy atom. The smallest absolute Gasteiger partial charge is 0.345 e. The van der Waals surface area contributed by atoms with E-state index in [9.17, 15) is 9.59 Å². The van der Waals surface area contributed by atoms with E-state index < -0.39 is 11.6 Å². The number of hydrogen-bond donors (Lipinski definition) is 0. The number of esters is 1. The maximum Gasteiger partial charge on any atom is 0.345 e. The Kier molecular flexibility index (Phi) is 5.64. The molecule has 0 bridgehead atoms. The Bertz CT molecular complexity index is 1020. The Labute approximate surface area is 160 Å². The highest BCUT2D eigenvalue weighted by atomic mass is 35.5. The third-order valence-corrected chi connectivity index (χ3v) is 4.53. The van der Waals surface area contributed by atoms with Crippen molar-refractivity contribution >= 4 is 40.1 Å². The van der Waals surface area contributed by atoms with Gasteiger partial charge >= 0.3 is 11.6 Å². The van der Waals surface area contributed by atoms with Crippen molar-refractivity contribution in [2.45, 2.75) is 26.2 Å². The Balaban J connectivity index is 2.10. The molecule has 6 heteroatoms. The zero-order valence-electron chi connectivity index (χ0n) is 14.1. The van der Waals surface area contributed by atoms with Gasteiger partial charge < -0.3 is 9.15 Å². The van der Waals surface area contributed by atoms with Gasteiger partial charge in [-0.05, 0) is 43.2 Å². The average molecular weight is 391 g/mol. The summed E-state index contributed by atoms with van der Waals surface area (Å²) in [6, 6.07) is 11.5. The molecule has 1 aromatic heterocycles. The zero-order valence-corrected chi connectivity index (χ0v) is 15.6. The van der Waals surface area contributed by atoms with Crippen molar-refractivity contribution in [3.63, 3.8) is 0 Å². The lowest BCUT2D eigenvalue weighted by molar-refractivity contribution is 0.0735. The quantitative estimate of drug-likeness (QED) is 0.416. The predicted molar refractivity (Wildman–Crippen MR) is 103 cm³/mol. The molecule has 0 fully saturated rings. The molecular weight excluding hydrogens is 375 g/mol. The normalized spacial score (nSPS) is 10.9. The van der Waals surface area contributed by atoms with Crippen LogP contribution in [-0.4, -0.2) is 5.97 Å². The number of halogens is 2. The van der Waals surface area contributed by atoms with Gasteiger partial charge in [0, 0.05) is 5.02 Å². The van der Waals surface area contributed by atoms with E-state index in [1.165, 1.54) is 12.1 Å². The van der Waals surface area contributed by atoms with E-state index >= 15 is 0 Å². The van der Waals surface area contributed by atoms with Crippen LogP contribution in [0.5, 0.6) is 5.75 Å². The van der Waals surface area contributed by atoms with Crippen LogP contribution in [-0.2, 0) is 6.42 Å². The van der Waals surface area contributed by atoms with Crippen molar-refractivity contribution in [2.24, 2.45) is 0 Å². The van der Waals surface area contributed by atoms with E-state index in [-0.39, 0.29) is 16.3 Å². The third kappa shape index (κ3) is 3.76. The lowest BCUT2D eigenvalue weighted by atomic mass is 10.1. The van der Waals surface area contributed by atoms with Crippen LogP contribution in [0.4, 0.5) is 0 Å². The molecule has 2 aromatic carbocycles. The van der Waals surface area contributed by atoms with Crippen molar-refractivity contribution in [1.29, 1.82) is 0 Å². The van der Waals surface area contributed by atoms with Crippen LogP contribution >= 0.6 is 23.2 Å². The summed E-state index contributed by atoms with van der Waals surface area (Å²) in [6.45, 7) is 2.02. The van der Waals surface area contributed by atoms with Crippen LogP contribution in [0.15, 0.2) is 51.7 Å². The monoisotopic (exact) mass is 390 g/mol. The highest BCUT2D eigenvalue weighted by Crippen LogP contribution is 2.30. The molecule has 0 saturated carbocycles. The molecule has 0 saturated heterocycles. The molecule has 0 N–H and O–H groups in total. The van der Waals surface area contributed by atoms with Gasteiger partial charge in [0.15, 0.2) is 5.75 Å². The minimum absolute atomic E-state index is 0.176. The number of rotatable bonds is 5. The van der Waals surface area contributed by atoms with E-state index in [4.69, 9.17) is 32.4 Å². The first-order valence-electron chi connectivity index (χ1n) is 8.23. The van der Waals surface area contributed by atoms with Crippen molar-refractivity contribution in [2.75, 3.05) is 0 Å². The van der Waals surface area contributed by atoms with Gasteiger partial charge in [-0.2, -0.15) is 0 Å². The van der Waals surface area contributed by atoms with Crippen LogP contribution in [0, 0.1) is 0 Å². The van der Waals surface area contributed by atoms with Crippen molar-refractivity contribution in [3.8, 4) is 5.75 Å². The largest absolute Gasteiger partial charge is 0.422 e. The highest BCUT2D eigenvalue weighted by molar-refractivity contribution is 6.36. The molecule has 0 amide bonds. The highest BCUT2D eigenvalue weighted by Gasteiger charge is 2.20. The molecule has 134 valence electrons. The lowest BCUT2D eigenvalue weighted by Gasteiger charge is -2.12. The summed E-state index contributed by atoms with van der Waals surface area (Å²) in [7, 11) is 0.